The molecule has 0 aliphatic heterocycles. The number of rotatable bonds is 9. The van der Waals surface area contributed by atoms with Gasteiger partial charge in [0, 0.05) is 12.4 Å². The van der Waals surface area contributed by atoms with E-state index in [9.17, 15) is 19.8 Å². The van der Waals surface area contributed by atoms with Crippen molar-refractivity contribution in [1.29, 1.82) is 0 Å². The number of hydrogen-bond acceptors (Lipinski definition) is 5. The average Bonchev–Trinajstić information content (AvgIpc) is 2.24. The minimum Gasteiger partial charge on any atom is -0.550 e. The van der Waals surface area contributed by atoms with Crippen LogP contribution in [0, 0.1) is 0 Å². The highest BCUT2D eigenvalue weighted by molar-refractivity contribution is 5.71. The van der Waals surface area contributed by atoms with E-state index in [2.05, 4.69) is 0 Å². The number of quaternary nitrogens is 1. The van der Waals surface area contributed by atoms with Gasteiger partial charge in [-0.3, -0.25) is 4.79 Å². The molecule has 6 heteroatoms. The molecule has 0 aliphatic carbocycles. The molecular formula is C13H25NO5. The molecule has 0 radical (unpaired) electrons. The number of hydrogen-bond donors (Lipinski definition) is 1. The Kier molecular flexibility index (Phi) is 5.50. The number of aliphatic hydroxyl groups is 1. The number of carboxylic acids is 1. The Morgan fingerprint density at radius 1 is 1.42 bits per heavy atom. The van der Waals surface area contributed by atoms with Gasteiger partial charge in [-0.2, -0.15) is 0 Å². The first-order valence-corrected chi connectivity index (χ1v) is 6.29. The first kappa shape index (κ1) is 12.9. The molecule has 0 aromatic heterocycles. The van der Waals surface area contributed by atoms with Gasteiger partial charge in [-0.1, -0.05) is 13.3 Å². The SMILES string of the molecule is [2H]C([2H])([2H])[N+](C)(C)C[C@@H](CC(=O)[O-])OC(=O)C[C@H](O)CCC. The van der Waals surface area contributed by atoms with Crippen LogP contribution in [0.3, 0.4) is 0 Å². The van der Waals surface area contributed by atoms with Crippen LogP contribution in [0.2, 0.25) is 0 Å². The first-order valence-electron chi connectivity index (χ1n) is 7.79. The summed E-state index contributed by atoms with van der Waals surface area (Å²) in [7, 11) is 2.80. The molecule has 0 saturated carbocycles. The standard InChI is InChI=1S/C13H25NO5/c1-5-6-10(15)7-13(18)19-11(8-12(16)17)9-14(2,3)4/h10-11,15H,5-9H2,1-4H3/t10-,11-/m1/s1/i2D3. The van der Waals surface area contributed by atoms with Crippen molar-refractivity contribution in [1.82, 2.24) is 0 Å². The molecule has 0 bridgehead atoms. The maximum absolute atomic E-state index is 11.7. The quantitative estimate of drug-likeness (QED) is 0.445. The Labute approximate surface area is 118 Å². The lowest BCUT2D eigenvalue weighted by Crippen LogP contribution is -2.45. The number of ether oxygens (including phenoxy) is 1. The third-order valence-corrected chi connectivity index (χ3v) is 2.38. The van der Waals surface area contributed by atoms with Crippen molar-refractivity contribution in [3.8, 4) is 0 Å². The second kappa shape index (κ2) is 8.12. The van der Waals surface area contributed by atoms with Crippen LogP contribution >= 0.6 is 0 Å². The molecule has 0 heterocycles. The van der Waals surface area contributed by atoms with Gasteiger partial charge in [-0.25, -0.2) is 0 Å². The maximum Gasteiger partial charge on any atom is 0.308 e. The Morgan fingerprint density at radius 3 is 2.53 bits per heavy atom. The van der Waals surface area contributed by atoms with Gasteiger partial charge in [-0.15, -0.1) is 0 Å². The van der Waals surface area contributed by atoms with E-state index in [0.29, 0.717) is 12.8 Å². The molecule has 19 heavy (non-hydrogen) atoms. The molecule has 0 aromatic rings. The zero-order chi connectivity index (χ0) is 17.6. The number of aliphatic hydroxyl groups excluding tert-OH is 1. The first-order chi connectivity index (χ1) is 9.89. The molecule has 0 spiro atoms. The van der Waals surface area contributed by atoms with E-state index < -0.39 is 42.0 Å². The normalized spacial score (nSPS) is 17.8. The van der Waals surface area contributed by atoms with Crippen molar-refractivity contribution in [2.75, 3.05) is 27.6 Å². The van der Waals surface area contributed by atoms with E-state index in [4.69, 9.17) is 8.85 Å². The minimum absolute atomic E-state index is 0.194. The second-order valence-electron chi connectivity index (χ2n) is 5.20. The number of carboxylic acid groups (broad SMARTS) is 1. The van der Waals surface area contributed by atoms with Crippen LogP contribution in [0.25, 0.3) is 0 Å². The topological polar surface area (TPSA) is 86.7 Å². The molecule has 2 atom stereocenters. The van der Waals surface area contributed by atoms with Gasteiger partial charge in [-0.05, 0) is 6.42 Å². The van der Waals surface area contributed by atoms with Crippen LogP contribution in [-0.2, 0) is 14.3 Å². The van der Waals surface area contributed by atoms with Gasteiger partial charge in [0.25, 0.3) is 0 Å². The molecule has 0 aromatic carbocycles. The smallest absolute Gasteiger partial charge is 0.308 e. The van der Waals surface area contributed by atoms with Gasteiger partial charge in [0.1, 0.15) is 6.54 Å². The van der Waals surface area contributed by atoms with Crippen LogP contribution in [-0.4, -0.2) is 61.4 Å². The van der Waals surface area contributed by atoms with Crippen LogP contribution in [0.4, 0.5) is 0 Å². The highest BCUT2D eigenvalue weighted by Crippen LogP contribution is 2.08. The number of carbonyl (C=O) groups excluding carboxylic acids is 2. The van der Waals surface area contributed by atoms with E-state index in [-0.39, 0.29) is 13.0 Å². The summed E-state index contributed by atoms with van der Waals surface area (Å²) in [4.78, 5) is 22.5. The zero-order valence-electron chi connectivity index (χ0n) is 14.7. The number of likely N-dealkylation sites (N-methyl/N-ethyl adjacent to an activating group) is 1. The highest BCUT2D eigenvalue weighted by atomic mass is 16.5. The maximum atomic E-state index is 11.7. The van der Waals surface area contributed by atoms with E-state index in [1.54, 1.807) is 0 Å². The molecule has 1 N–H and O–H groups in total. The Bertz CT molecular complexity index is 384. The van der Waals surface area contributed by atoms with Crippen LogP contribution in [0.15, 0.2) is 0 Å². The van der Waals surface area contributed by atoms with E-state index in [0.717, 1.165) is 0 Å². The molecule has 0 fully saturated rings. The Morgan fingerprint density at radius 2 is 2.05 bits per heavy atom. The van der Waals surface area contributed by atoms with Crippen molar-refractivity contribution in [2.45, 2.75) is 44.8 Å². The fraction of sp³-hybridized carbons (Fsp3) is 0.846. The van der Waals surface area contributed by atoms with Crippen molar-refractivity contribution < 1.29 is 33.1 Å². The largest absolute Gasteiger partial charge is 0.550 e. The summed E-state index contributed by atoms with van der Waals surface area (Å²) in [6, 6.07) is 0. The zero-order valence-corrected chi connectivity index (χ0v) is 11.7. The van der Waals surface area contributed by atoms with Gasteiger partial charge >= 0.3 is 5.97 Å². The van der Waals surface area contributed by atoms with Crippen LogP contribution < -0.4 is 5.11 Å². The van der Waals surface area contributed by atoms with Gasteiger partial charge < -0.3 is 24.2 Å². The third-order valence-electron chi connectivity index (χ3n) is 2.38. The molecule has 112 valence electrons. The molecule has 0 aliphatic rings. The fourth-order valence-corrected chi connectivity index (χ4v) is 1.70. The summed E-state index contributed by atoms with van der Waals surface area (Å²) in [5.41, 5.74) is 0. The molecule has 0 unspecified atom stereocenters. The monoisotopic (exact) mass is 278 g/mol. The molecular weight excluding hydrogens is 250 g/mol. The predicted octanol–water partition coefficient (Wildman–Crippen LogP) is -0.704. The average molecular weight is 278 g/mol. The van der Waals surface area contributed by atoms with Gasteiger partial charge in [0.15, 0.2) is 6.10 Å². The lowest BCUT2D eigenvalue weighted by molar-refractivity contribution is -0.873. The molecule has 0 amide bonds. The summed E-state index contributed by atoms with van der Waals surface area (Å²) in [5, 5.41) is 20.3. The Balaban J connectivity index is 4.79. The van der Waals surface area contributed by atoms with Crippen molar-refractivity contribution in [3.63, 3.8) is 0 Å². The lowest BCUT2D eigenvalue weighted by Gasteiger charge is -2.29. The summed E-state index contributed by atoms with van der Waals surface area (Å²) >= 11 is 0. The van der Waals surface area contributed by atoms with Crippen molar-refractivity contribution in [3.05, 3.63) is 0 Å². The summed E-state index contributed by atoms with van der Waals surface area (Å²) < 4.78 is 26.8. The van der Waals surface area contributed by atoms with E-state index in [1.807, 2.05) is 6.92 Å². The summed E-state index contributed by atoms with van der Waals surface area (Å²) in [6.07, 6.45) is -1.70. The summed E-state index contributed by atoms with van der Waals surface area (Å²) in [6.45, 7) is -0.720. The lowest BCUT2D eigenvalue weighted by atomic mass is 10.1. The summed E-state index contributed by atoms with van der Waals surface area (Å²) in [5.74, 6) is -2.19. The van der Waals surface area contributed by atoms with Crippen molar-refractivity contribution >= 4 is 11.9 Å². The van der Waals surface area contributed by atoms with Gasteiger partial charge in [0.05, 0.1) is 37.7 Å². The second-order valence-corrected chi connectivity index (χ2v) is 5.20. The number of aliphatic carboxylic acids is 1. The number of nitrogens with zero attached hydrogens (tertiary/aromatic N) is 1. The molecule has 0 saturated heterocycles. The minimum atomic E-state index is -2.38. The van der Waals surface area contributed by atoms with Crippen LogP contribution in [0.1, 0.15) is 36.7 Å². The van der Waals surface area contributed by atoms with Gasteiger partial charge in [0.2, 0.25) is 0 Å². The highest BCUT2D eigenvalue weighted by Gasteiger charge is 2.23. The molecule has 6 nitrogen and oxygen atoms in total. The van der Waals surface area contributed by atoms with E-state index >= 15 is 0 Å². The van der Waals surface area contributed by atoms with Crippen molar-refractivity contribution in [2.24, 2.45) is 0 Å². The Hall–Kier alpha value is -1.14. The third kappa shape index (κ3) is 10.5. The fourth-order valence-electron chi connectivity index (χ4n) is 1.70. The van der Waals surface area contributed by atoms with Crippen LogP contribution in [0.5, 0.6) is 0 Å². The number of esters is 1. The van der Waals surface area contributed by atoms with E-state index in [1.165, 1.54) is 14.1 Å². The number of carbonyl (C=O) groups is 2. The predicted molar refractivity (Wildman–Crippen MR) is 67.9 cm³/mol. The molecule has 0 rings (SSSR count).